The standard InChI is InChI=1S/C8H7F3N2/c9-8(10,11)6-1-5-2-12-4-7(5)13-3-6/h1,3,12H,2,4H2. The molecule has 1 aliphatic rings. The maximum absolute atomic E-state index is 12.2. The van der Waals surface area contributed by atoms with Crippen LogP contribution in [-0.2, 0) is 19.3 Å². The molecule has 0 amide bonds. The summed E-state index contributed by atoms with van der Waals surface area (Å²) in [5.41, 5.74) is 0.692. The van der Waals surface area contributed by atoms with Crippen molar-refractivity contribution < 1.29 is 13.2 Å². The summed E-state index contributed by atoms with van der Waals surface area (Å²) in [6.07, 6.45) is -3.41. The van der Waals surface area contributed by atoms with Gasteiger partial charge in [0, 0.05) is 19.3 Å². The van der Waals surface area contributed by atoms with Crippen molar-refractivity contribution in [1.29, 1.82) is 0 Å². The number of rotatable bonds is 0. The Morgan fingerprint density at radius 2 is 2.08 bits per heavy atom. The number of aromatic nitrogens is 1. The summed E-state index contributed by atoms with van der Waals surface area (Å²) in [4.78, 5) is 3.74. The van der Waals surface area contributed by atoms with Gasteiger partial charge in [-0.2, -0.15) is 13.2 Å². The van der Waals surface area contributed by atoms with Crippen molar-refractivity contribution in [2.45, 2.75) is 19.3 Å². The summed E-state index contributed by atoms with van der Waals surface area (Å²) >= 11 is 0. The molecule has 70 valence electrons. The Kier molecular flexibility index (Phi) is 1.76. The van der Waals surface area contributed by atoms with E-state index in [-0.39, 0.29) is 0 Å². The quantitative estimate of drug-likeness (QED) is 0.670. The zero-order chi connectivity index (χ0) is 9.47. The Morgan fingerprint density at radius 1 is 1.31 bits per heavy atom. The van der Waals surface area contributed by atoms with Crippen molar-refractivity contribution >= 4 is 0 Å². The first-order chi connectivity index (χ1) is 6.07. The number of hydrogen-bond acceptors (Lipinski definition) is 2. The molecule has 5 heteroatoms. The third kappa shape index (κ3) is 1.51. The lowest BCUT2D eigenvalue weighted by Gasteiger charge is -2.06. The van der Waals surface area contributed by atoms with E-state index >= 15 is 0 Å². The SMILES string of the molecule is FC(F)(F)c1cnc2c(c1)CNC2. The van der Waals surface area contributed by atoms with Gasteiger partial charge in [-0.05, 0) is 11.6 Å². The molecule has 0 saturated heterocycles. The van der Waals surface area contributed by atoms with Crippen molar-refractivity contribution in [3.63, 3.8) is 0 Å². The van der Waals surface area contributed by atoms with Gasteiger partial charge in [0.2, 0.25) is 0 Å². The molecule has 13 heavy (non-hydrogen) atoms. The van der Waals surface area contributed by atoms with Crippen molar-refractivity contribution in [1.82, 2.24) is 10.3 Å². The van der Waals surface area contributed by atoms with Gasteiger partial charge in [0.15, 0.2) is 0 Å². The highest BCUT2D eigenvalue weighted by Crippen LogP contribution is 2.30. The average molecular weight is 188 g/mol. The molecular weight excluding hydrogens is 181 g/mol. The van der Waals surface area contributed by atoms with E-state index in [0.29, 0.717) is 24.3 Å². The topological polar surface area (TPSA) is 24.9 Å². The first-order valence-corrected chi connectivity index (χ1v) is 3.83. The molecule has 1 aromatic heterocycles. The fourth-order valence-corrected chi connectivity index (χ4v) is 1.32. The van der Waals surface area contributed by atoms with Crippen molar-refractivity contribution in [3.8, 4) is 0 Å². The first-order valence-electron chi connectivity index (χ1n) is 3.83. The van der Waals surface area contributed by atoms with Crippen LogP contribution < -0.4 is 5.32 Å². The van der Waals surface area contributed by atoms with Gasteiger partial charge in [0.25, 0.3) is 0 Å². The zero-order valence-electron chi connectivity index (χ0n) is 6.65. The summed E-state index contributed by atoms with van der Waals surface area (Å²) in [5.74, 6) is 0. The van der Waals surface area contributed by atoms with Gasteiger partial charge < -0.3 is 5.32 Å². The van der Waals surface area contributed by atoms with Gasteiger partial charge in [-0.25, -0.2) is 0 Å². The second-order valence-corrected chi connectivity index (χ2v) is 2.93. The van der Waals surface area contributed by atoms with Crippen molar-refractivity contribution in [2.24, 2.45) is 0 Å². The highest BCUT2D eigenvalue weighted by molar-refractivity contribution is 5.29. The molecule has 0 bridgehead atoms. The lowest BCUT2D eigenvalue weighted by molar-refractivity contribution is -0.137. The average Bonchev–Trinajstić information content (AvgIpc) is 2.47. The predicted molar refractivity (Wildman–Crippen MR) is 39.8 cm³/mol. The van der Waals surface area contributed by atoms with Crippen LogP contribution in [-0.4, -0.2) is 4.98 Å². The molecule has 2 heterocycles. The van der Waals surface area contributed by atoms with E-state index in [4.69, 9.17) is 0 Å². The Morgan fingerprint density at radius 3 is 2.77 bits per heavy atom. The molecule has 1 N–H and O–H groups in total. The molecule has 0 unspecified atom stereocenters. The van der Waals surface area contributed by atoms with E-state index in [0.717, 1.165) is 12.3 Å². The minimum absolute atomic E-state index is 0.478. The summed E-state index contributed by atoms with van der Waals surface area (Å²) in [6.45, 7) is 1.04. The number of hydrogen-bond donors (Lipinski definition) is 1. The zero-order valence-corrected chi connectivity index (χ0v) is 6.65. The Hall–Kier alpha value is -1.10. The first kappa shape index (κ1) is 8.50. The minimum Gasteiger partial charge on any atom is -0.307 e. The van der Waals surface area contributed by atoms with Crippen molar-refractivity contribution in [3.05, 3.63) is 29.1 Å². The molecule has 1 aliphatic heterocycles. The molecule has 2 nitrogen and oxygen atoms in total. The summed E-state index contributed by atoms with van der Waals surface area (Å²) in [5, 5.41) is 2.94. The van der Waals surface area contributed by atoms with Gasteiger partial charge >= 0.3 is 6.18 Å². The fourth-order valence-electron chi connectivity index (χ4n) is 1.32. The molecule has 0 spiro atoms. The molecule has 0 aromatic carbocycles. The summed E-state index contributed by atoms with van der Waals surface area (Å²) in [7, 11) is 0. The van der Waals surface area contributed by atoms with Gasteiger partial charge in [-0.3, -0.25) is 4.98 Å². The van der Waals surface area contributed by atoms with Crippen LogP contribution in [0.1, 0.15) is 16.8 Å². The second-order valence-electron chi connectivity index (χ2n) is 2.93. The third-order valence-electron chi connectivity index (χ3n) is 2.00. The van der Waals surface area contributed by atoms with Crippen LogP contribution in [0.15, 0.2) is 12.3 Å². The third-order valence-corrected chi connectivity index (χ3v) is 2.00. The maximum atomic E-state index is 12.2. The number of halogens is 3. The molecule has 0 saturated carbocycles. The summed E-state index contributed by atoms with van der Waals surface area (Å²) < 4.78 is 36.6. The Balaban J connectivity index is 2.42. The van der Waals surface area contributed by atoms with E-state index in [9.17, 15) is 13.2 Å². The van der Waals surface area contributed by atoms with Gasteiger partial charge in [0.05, 0.1) is 11.3 Å². The van der Waals surface area contributed by atoms with Crippen LogP contribution in [0, 0.1) is 0 Å². The molecule has 0 atom stereocenters. The van der Waals surface area contributed by atoms with Crippen LogP contribution in [0.5, 0.6) is 0 Å². The molecular formula is C8H7F3N2. The summed E-state index contributed by atoms with van der Waals surface area (Å²) in [6, 6.07) is 1.16. The monoisotopic (exact) mass is 188 g/mol. The maximum Gasteiger partial charge on any atom is 0.417 e. The normalized spacial score (nSPS) is 15.9. The van der Waals surface area contributed by atoms with Gasteiger partial charge in [-0.1, -0.05) is 0 Å². The lowest BCUT2D eigenvalue weighted by Crippen LogP contribution is -2.06. The number of pyridine rings is 1. The highest BCUT2D eigenvalue weighted by Gasteiger charge is 2.32. The van der Waals surface area contributed by atoms with Gasteiger partial charge in [-0.15, -0.1) is 0 Å². The lowest BCUT2D eigenvalue weighted by atomic mass is 10.1. The van der Waals surface area contributed by atoms with E-state index in [1.54, 1.807) is 0 Å². The number of fused-ring (bicyclic) bond motifs is 1. The molecule has 0 aliphatic carbocycles. The van der Waals surface area contributed by atoms with Crippen LogP contribution in [0.3, 0.4) is 0 Å². The molecule has 0 radical (unpaired) electrons. The van der Waals surface area contributed by atoms with Crippen LogP contribution in [0.4, 0.5) is 13.2 Å². The molecule has 1 aromatic rings. The number of alkyl halides is 3. The fraction of sp³-hybridized carbons (Fsp3) is 0.375. The minimum atomic E-state index is -4.29. The smallest absolute Gasteiger partial charge is 0.307 e. The highest BCUT2D eigenvalue weighted by atomic mass is 19.4. The van der Waals surface area contributed by atoms with E-state index in [1.807, 2.05) is 0 Å². The Bertz CT molecular complexity index is 333. The predicted octanol–water partition coefficient (Wildman–Crippen LogP) is 1.70. The number of nitrogens with one attached hydrogen (secondary N) is 1. The van der Waals surface area contributed by atoms with Crippen molar-refractivity contribution in [2.75, 3.05) is 0 Å². The van der Waals surface area contributed by atoms with Gasteiger partial charge in [0.1, 0.15) is 0 Å². The Labute approximate surface area is 72.8 Å². The molecule has 2 rings (SSSR count). The van der Waals surface area contributed by atoms with Crippen LogP contribution in [0.25, 0.3) is 0 Å². The van der Waals surface area contributed by atoms with E-state index in [2.05, 4.69) is 10.3 Å². The van der Waals surface area contributed by atoms with E-state index in [1.165, 1.54) is 0 Å². The van der Waals surface area contributed by atoms with E-state index < -0.39 is 11.7 Å². The van der Waals surface area contributed by atoms with Crippen LogP contribution >= 0.6 is 0 Å². The van der Waals surface area contributed by atoms with Crippen LogP contribution in [0.2, 0.25) is 0 Å². The molecule has 0 fully saturated rings. The second kappa shape index (κ2) is 2.70. The largest absolute Gasteiger partial charge is 0.417 e. The number of nitrogens with zero attached hydrogens (tertiary/aromatic N) is 1.